The zero-order valence-corrected chi connectivity index (χ0v) is 10.7. The molecule has 108 valence electrons. The third-order valence-electron chi connectivity index (χ3n) is 2.22. The van der Waals surface area contributed by atoms with Crippen LogP contribution in [-0.4, -0.2) is 41.5 Å². The third kappa shape index (κ3) is 4.02. The van der Waals surface area contributed by atoms with Gasteiger partial charge in [0.15, 0.2) is 5.82 Å². The van der Waals surface area contributed by atoms with Crippen LogP contribution in [0, 0.1) is 0 Å². The molecule has 21 heavy (non-hydrogen) atoms. The van der Waals surface area contributed by atoms with Crippen LogP contribution in [0.4, 0.5) is 5.82 Å². The summed E-state index contributed by atoms with van der Waals surface area (Å²) in [5.41, 5.74) is 7.68. The Kier molecular flexibility index (Phi) is 4.43. The Bertz CT molecular complexity index is 680. The van der Waals surface area contributed by atoms with Gasteiger partial charge in [-0.15, -0.1) is 10.2 Å². The molecule has 0 radical (unpaired) electrons. The Hall–Kier alpha value is -3.43. The number of hydrogen-bond acceptors (Lipinski definition) is 7. The van der Waals surface area contributed by atoms with E-state index in [4.69, 9.17) is 5.73 Å². The Morgan fingerprint density at radius 2 is 2.19 bits per heavy atom. The second-order valence-corrected chi connectivity index (χ2v) is 3.70. The van der Waals surface area contributed by atoms with Gasteiger partial charge in [-0.2, -0.15) is 15.1 Å². The smallest absolute Gasteiger partial charge is 0.275 e. The standard InChI is InChI=1S/C9H8N4O2.C2H4N4/c14-8-4-2-1-3-7(8)9(15)11-13-6-5-10-12-13;3-2-1-4-6-5-2/h1-6,14H,(H,11,15);1H,(H3,3,4,5,6). The molecule has 0 aliphatic heterocycles. The first-order chi connectivity index (χ1) is 10.2. The van der Waals surface area contributed by atoms with Gasteiger partial charge in [-0.25, -0.2) is 5.43 Å². The number of carbonyl (C=O) groups excluding carboxylic acids is 1. The number of phenolic OH excluding ortho intramolecular Hbond substituents is 1. The number of anilines is 1. The summed E-state index contributed by atoms with van der Waals surface area (Å²) in [6, 6.07) is 6.26. The van der Waals surface area contributed by atoms with E-state index in [0.29, 0.717) is 5.82 Å². The molecule has 1 aromatic carbocycles. The Balaban J connectivity index is 0.000000225. The number of aromatic nitrogens is 6. The van der Waals surface area contributed by atoms with Crippen LogP contribution in [0.1, 0.15) is 10.4 Å². The number of amides is 1. The van der Waals surface area contributed by atoms with E-state index in [2.05, 4.69) is 31.1 Å². The maximum absolute atomic E-state index is 11.6. The van der Waals surface area contributed by atoms with Crippen LogP contribution < -0.4 is 11.2 Å². The Labute approximate surface area is 118 Å². The van der Waals surface area contributed by atoms with E-state index in [1.165, 1.54) is 30.7 Å². The van der Waals surface area contributed by atoms with Crippen LogP contribution in [0.2, 0.25) is 0 Å². The van der Waals surface area contributed by atoms with Crippen molar-refractivity contribution in [3.8, 4) is 5.75 Å². The van der Waals surface area contributed by atoms with Crippen LogP contribution >= 0.6 is 0 Å². The molecule has 3 rings (SSSR count). The van der Waals surface area contributed by atoms with Crippen molar-refractivity contribution in [2.45, 2.75) is 0 Å². The molecule has 10 nitrogen and oxygen atoms in total. The van der Waals surface area contributed by atoms with Crippen LogP contribution in [0.25, 0.3) is 0 Å². The molecule has 0 fully saturated rings. The van der Waals surface area contributed by atoms with Crippen molar-refractivity contribution in [2.24, 2.45) is 0 Å². The lowest BCUT2D eigenvalue weighted by molar-refractivity contribution is 0.100. The minimum atomic E-state index is -0.446. The van der Waals surface area contributed by atoms with Gasteiger partial charge in [0, 0.05) is 0 Å². The molecule has 3 aromatic rings. The number of hydrogen-bond donors (Lipinski definition) is 4. The molecule has 2 aromatic heterocycles. The van der Waals surface area contributed by atoms with Gasteiger partial charge in [0.05, 0.1) is 24.2 Å². The Morgan fingerprint density at radius 1 is 1.38 bits per heavy atom. The van der Waals surface area contributed by atoms with Crippen LogP contribution in [-0.2, 0) is 0 Å². The number of nitrogens with two attached hydrogens (primary N) is 1. The summed E-state index contributed by atoms with van der Waals surface area (Å²) in [6.45, 7) is 0. The van der Waals surface area contributed by atoms with Crippen molar-refractivity contribution in [1.82, 2.24) is 30.5 Å². The summed E-state index contributed by atoms with van der Waals surface area (Å²) in [4.78, 5) is 12.7. The van der Waals surface area contributed by atoms with E-state index in [1.807, 2.05) is 0 Å². The summed E-state index contributed by atoms with van der Waals surface area (Å²) < 4.78 is 0. The van der Waals surface area contributed by atoms with Gasteiger partial charge in [-0.05, 0) is 17.3 Å². The number of benzene rings is 1. The highest BCUT2D eigenvalue weighted by Crippen LogP contribution is 2.15. The van der Waals surface area contributed by atoms with Gasteiger partial charge in [0.1, 0.15) is 5.75 Å². The highest BCUT2D eigenvalue weighted by Gasteiger charge is 2.09. The van der Waals surface area contributed by atoms with E-state index in [0.717, 1.165) is 4.79 Å². The van der Waals surface area contributed by atoms with Gasteiger partial charge in [-0.1, -0.05) is 12.1 Å². The van der Waals surface area contributed by atoms with Crippen molar-refractivity contribution in [3.63, 3.8) is 0 Å². The number of nitrogens with zero attached hydrogens (tertiary/aromatic N) is 5. The fourth-order valence-corrected chi connectivity index (χ4v) is 1.31. The van der Waals surface area contributed by atoms with Gasteiger partial charge in [0.25, 0.3) is 5.91 Å². The molecule has 0 aliphatic carbocycles. The number of phenols is 1. The van der Waals surface area contributed by atoms with E-state index < -0.39 is 5.91 Å². The van der Waals surface area contributed by atoms with Gasteiger partial charge in [-0.3, -0.25) is 4.79 Å². The molecule has 5 N–H and O–H groups in total. The number of carbonyl (C=O) groups is 1. The highest BCUT2D eigenvalue weighted by atomic mass is 16.3. The first-order valence-corrected chi connectivity index (χ1v) is 5.73. The number of H-pyrrole nitrogens is 1. The third-order valence-corrected chi connectivity index (χ3v) is 2.22. The molecule has 0 aliphatic rings. The average Bonchev–Trinajstić information content (AvgIpc) is 3.13. The zero-order valence-electron chi connectivity index (χ0n) is 10.7. The van der Waals surface area contributed by atoms with E-state index in [1.54, 1.807) is 12.1 Å². The predicted octanol–water partition coefficient (Wildman–Crippen LogP) is -0.245. The summed E-state index contributed by atoms with van der Waals surface area (Å²) in [7, 11) is 0. The summed E-state index contributed by atoms with van der Waals surface area (Å²) >= 11 is 0. The Morgan fingerprint density at radius 3 is 2.71 bits per heavy atom. The first-order valence-electron chi connectivity index (χ1n) is 5.73. The van der Waals surface area contributed by atoms with Crippen LogP contribution in [0.3, 0.4) is 0 Å². The first kappa shape index (κ1) is 14.0. The molecule has 0 bridgehead atoms. The van der Waals surface area contributed by atoms with E-state index in [-0.39, 0.29) is 11.3 Å². The molecule has 1 amide bonds. The number of aromatic amines is 1. The van der Waals surface area contributed by atoms with Crippen LogP contribution in [0.5, 0.6) is 5.75 Å². The van der Waals surface area contributed by atoms with Gasteiger partial charge in [0.2, 0.25) is 0 Å². The fraction of sp³-hybridized carbons (Fsp3) is 0. The lowest BCUT2D eigenvalue weighted by Gasteiger charge is -2.04. The van der Waals surface area contributed by atoms with E-state index in [9.17, 15) is 9.90 Å². The number of nitrogen functional groups attached to an aromatic ring is 1. The van der Waals surface area contributed by atoms with Gasteiger partial charge >= 0.3 is 0 Å². The van der Waals surface area contributed by atoms with E-state index >= 15 is 0 Å². The molecule has 0 saturated heterocycles. The summed E-state index contributed by atoms with van der Waals surface area (Å²) in [6.07, 6.45) is 4.36. The average molecular weight is 288 g/mol. The molecular weight excluding hydrogens is 276 g/mol. The summed E-state index contributed by atoms with van der Waals surface area (Å²) in [5.74, 6) is -0.0938. The van der Waals surface area contributed by atoms with Crippen molar-refractivity contribution < 1.29 is 9.90 Å². The largest absolute Gasteiger partial charge is 0.507 e. The number of rotatable bonds is 2. The van der Waals surface area contributed by atoms with Crippen molar-refractivity contribution in [2.75, 3.05) is 11.2 Å². The topological polar surface area (TPSA) is 148 Å². The monoisotopic (exact) mass is 288 g/mol. The normalized spacial score (nSPS) is 9.52. The predicted molar refractivity (Wildman–Crippen MR) is 72.6 cm³/mol. The SMILES string of the molecule is Nc1cn[nH]n1.O=C(Nn1ccnn1)c1ccccc1O. The second-order valence-electron chi connectivity index (χ2n) is 3.70. The molecule has 0 spiro atoms. The van der Waals surface area contributed by atoms with Gasteiger partial charge < -0.3 is 10.8 Å². The fourth-order valence-electron chi connectivity index (χ4n) is 1.31. The quantitative estimate of drug-likeness (QED) is 0.508. The zero-order chi connectivity index (χ0) is 15.1. The molecule has 2 heterocycles. The molecule has 0 unspecified atom stereocenters. The lowest BCUT2D eigenvalue weighted by atomic mass is 10.2. The number of para-hydroxylation sites is 1. The molecular formula is C11H12N8O2. The second kappa shape index (κ2) is 6.65. The lowest BCUT2D eigenvalue weighted by Crippen LogP contribution is -2.23. The number of nitrogens with one attached hydrogen (secondary N) is 2. The molecule has 0 atom stereocenters. The number of aromatic hydroxyl groups is 1. The minimum absolute atomic E-state index is 0.0740. The van der Waals surface area contributed by atoms with Crippen molar-refractivity contribution >= 4 is 11.7 Å². The minimum Gasteiger partial charge on any atom is -0.507 e. The van der Waals surface area contributed by atoms with Crippen molar-refractivity contribution in [3.05, 3.63) is 48.4 Å². The van der Waals surface area contributed by atoms with Crippen LogP contribution in [0.15, 0.2) is 42.9 Å². The summed E-state index contributed by atoms with van der Waals surface area (Å²) in [5, 5.41) is 25.7. The maximum atomic E-state index is 11.6. The van der Waals surface area contributed by atoms with Crippen molar-refractivity contribution in [1.29, 1.82) is 0 Å². The molecule has 0 saturated carbocycles. The molecule has 10 heteroatoms. The maximum Gasteiger partial charge on any atom is 0.275 e. The highest BCUT2D eigenvalue weighted by molar-refractivity contribution is 6.01.